The first-order valence-corrected chi connectivity index (χ1v) is 7.71. The van der Waals surface area contributed by atoms with E-state index >= 15 is 0 Å². The van der Waals surface area contributed by atoms with Gasteiger partial charge < -0.3 is 9.84 Å². The van der Waals surface area contributed by atoms with Gasteiger partial charge in [0, 0.05) is 0 Å². The van der Waals surface area contributed by atoms with Gasteiger partial charge >= 0.3 is 5.97 Å². The second-order valence-electron chi connectivity index (χ2n) is 5.32. The summed E-state index contributed by atoms with van der Waals surface area (Å²) >= 11 is 12.5. The Bertz CT molecular complexity index is 701. The van der Waals surface area contributed by atoms with Crippen LogP contribution in [0.25, 0.3) is 0 Å². The molecule has 1 N–H and O–H groups in total. The van der Waals surface area contributed by atoms with E-state index in [1.165, 1.54) is 5.56 Å². The summed E-state index contributed by atoms with van der Waals surface area (Å²) in [5, 5.41) is 9.38. The van der Waals surface area contributed by atoms with Crippen LogP contribution >= 0.6 is 23.2 Å². The Hall–Kier alpha value is -1.71. The number of benzene rings is 2. The summed E-state index contributed by atoms with van der Waals surface area (Å²) in [4.78, 5) is 10.6. The van der Waals surface area contributed by atoms with E-state index in [1.54, 1.807) is 6.07 Å². The molecule has 0 radical (unpaired) electrons. The van der Waals surface area contributed by atoms with Crippen molar-refractivity contribution in [2.75, 3.05) is 6.61 Å². The summed E-state index contributed by atoms with van der Waals surface area (Å²) in [5.74, 6) is 0.0545. The molecule has 2 atom stereocenters. The Kier molecular flexibility index (Phi) is 4.27. The molecule has 0 spiro atoms. The molecule has 0 saturated heterocycles. The number of hydrogen-bond donors (Lipinski definition) is 1. The van der Waals surface area contributed by atoms with Gasteiger partial charge in [-0.05, 0) is 35.4 Å². The largest absolute Gasteiger partial charge is 0.480 e. The van der Waals surface area contributed by atoms with Crippen LogP contribution in [0.2, 0.25) is 10.0 Å². The van der Waals surface area contributed by atoms with Crippen LogP contribution in [-0.2, 0) is 4.79 Å². The summed E-state index contributed by atoms with van der Waals surface area (Å²) in [6.45, 7) is -0.439. The van der Waals surface area contributed by atoms with Gasteiger partial charge in [0.05, 0.1) is 5.02 Å². The lowest BCUT2D eigenvalue weighted by molar-refractivity contribution is -0.139. The van der Waals surface area contributed by atoms with E-state index in [1.807, 2.05) is 24.3 Å². The molecule has 5 heteroatoms. The van der Waals surface area contributed by atoms with Crippen LogP contribution in [0.4, 0.5) is 0 Å². The van der Waals surface area contributed by atoms with Crippen molar-refractivity contribution in [1.82, 2.24) is 0 Å². The molecule has 22 heavy (non-hydrogen) atoms. The zero-order valence-electron chi connectivity index (χ0n) is 11.6. The third-order valence-corrected chi connectivity index (χ3v) is 4.72. The summed E-state index contributed by atoms with van der Waals surface area (Å²) in [5.41, 5.74) is 2.29. The molecule has 0 amide bonds. The Morgan fingerprint density at radius 3 is 2.50 bits per heavy atom. The fourth-order valence-corrected chi connectivity index (χ4v) is 3.21. The first-order valence-electron chi connectivity index (χ1n) is 6.95. The highest BCUT2D eigenvalue weighted by atomic mass is 35.5. The highest BCUT2D eigenvalue weighted by Crippen LogP contribution is 2.57. The Labute approximate surface area is 138 Å². The molecule has 0 aliphatic heterocycles. The highest BCUT2D eigenvalue weighted by molar-refractivity contribution is 6.43. The summed E-state index contributed by atoms with van der Waals surface area (Å²) in [6, 6.07) is 13.9. The van der Waals surface area contributed by atoms with E-state index in [-0.39, 0.29) is 5.02 Å². The Morgan fingerprint density at radius 2 is 1.82 bits per heavy atom. The van der Waals surface area contributed by atoms with Gasteiger partial charge in [0.1, 0.15) is 10.8 Å². The van der Waals surface area contributed by atoms with E-state index in [2.05, 4.69) is 12.1 Å². The molecule has 1 aliphatic rings. The number of aliphatic carboxylic acids is 1. The van der Waals surface area contributed by atoms with Crippen molar-refractivity contribution in [3.05, 3.63) is 63.6 Å². The summed E-state index contributed by atoms with van der Waals surface area (Å²) in [7, 11) is 0. The minimum atomic E-state index is -1.05. The van der Waals surface area contributed by atoms with E-state index in [4.69, 9.17) is 33.0 Å². The number of carboxylic acid groups (broad SMARTS) is 1. The molecule has 2 aromatic rings. The SMILES string of the molecule is O=C(O)COc1ccc(C2CC2c2ccccc2)c(Cl)c1Cl. The van der Waals surface area contributed by atoms with E-state index in [9.17, 15) is 4.79 Å². The summed E-state index contributed by atoms with van der Waals surface area (Å²) in [6.07, 6.45) is 1.04. The molecule has 1 fully saturated rings. The fraction of sp³-hybridized carbons (Fsp3) is 0.235. The van der Waals surface area contributed by atoms with Crippen LogP contribution in [0.3, 0.4) is 0 Å². The normalized spacial score (nSPS) is 19.7. The highest BCUT2D eigenvalue weighted by Gasteiger charge is 2.41. The van der Waals surface area contributed by atoms with Gasteiger partial charge in [-0.3, -0.25) is 0 Å². The second-order valence-corrected chi connectivity index (χ2v) is 6.08. The maximum atomic E-state index is 10.6. The smallest absolute Gasteiger partial charge is 0.341 e. The van der Waals surface area contributed by atoms with E-state index in [0.29, 0.717) is 22.6 Å². The average Bonchev–Trinajstić information content (AvgIpc) is 3.30. The van der Waals surface area contributed by atoms with Crippen molar-refractivity contribution in [3.63, 3.8) is 0 Å². The molecule has 3 nitrogen and oxygen atoms in total. The van der Waals surface area contributed by atoms with Gasteiger partial charge in [0.15, 0.2) is 6.61 Å². The second kappa shape index (κ2) is 6.19. The van der Waals surface area contributed by atoms with Gasteiger partial charge in [0.25, 0.3) is 0 Å². The molecule has 1 aliphatic carbocycles. The van der Waals surface area contributed by atoms with Crippen molar-refractivity contribution >= 4 is 29.2 Å². The monoisotopic (exact) mass is 336 g/mol. The molecular formula is C17H14Cl2O3. The molecule has 3 rings (SSSR count). The number of carboxylic acids is 1. The fourth-order valence-electron chi connectivity index (χ4n) is 2.69. The Balaban J connectivity index is 1.79. The minimum Gasteiger partial charge on any atom is -0.480 e. The van der Waals surface area contributed by atoms with Gasteiger partial charge in [-0.15, -0.1) is 0 Å². The average molecular weight is 337 g/mol. The third kappa shape index (κ3) is 3.06. The predicted octanol–water partition coefficient (Wildman–Crippen LogP) is 4.73. The molecule has 0 aromatic heterocycles. The van der Waals surface area contributed by atoms with Crippen molar-refractivity contribution in [2.45, 2.75) is 18.3 Å². The van der Waals surface area contributed by atoms with Gasteiger partial charge in [-0.25, -0.2) is 4.79 Å². The predicted molar refractivity (Wildman–Crippen MR) is 86.1 cm³/mol. The quantitative estimate of drug-likeness (QED) is 0.858. The van der Waals surface area contributed by atoms with Crippen LogP contribution in [0.1, 0.15) is 29.4 Å². The first kappa shape index (κ1) is 15.2. The number of rotatable bonds is 5. The molecule has 2 aromatic carbocycles. The van der Waals surface area contributed by atoms with Crippen LogP contribution in [0.15, 0.2) is 42.5 Å². The van der Waals surface area contributed by atoms with E-state index in [0.717, 1.165) is 12.0 Å². The van der Waals surface area contributed by atoms with Gasteiger partial charge in [0.2, 0.25) is 0 Å². The molecular weight excluding hydrogens is 323 g/mol. The molecule has 0 heterocycles. The van der Waals surface area contributed by atoms with Crippen LogP contribution < -0.4 is 4.74 Å². The molecule has 1 saturated carbocycles. The van der Waals surface area contributed by atoms with Crippen LogP contribution in [0.5, 0.6) is 5.75 Å². The first-order chi connectivity index (χ1) is 10.6. The van der Waals surface area contributed by atoms with Crippen LogP contribution in [-0.4, -0.2) is 17.7 Å². The lowest BCUT2D eigenvalue weighted by Crippen LogP contribution is -2.09. The standard InChI is InChI=1S/C17H14Cl2O3/c18-16-11(6-7-14(17(16)19)22-9-15(20)21)13-8-12(13)10-4-2-1-3-5-10/h1-7,12-13H,8-9H2,(H,20,21). The lowest BCUT2D eigenvalue weighted by Gasteiger charge is -2.11. The van der Waals surface area contributed by atoms with Crippen molar-refractivity contribution in [1.29, 1.82) is 0 Å². The minimum absolute atomic E-state index is 0.277. The van der Waals surface area contributed by atoms with E-state index < -0.39 is 12.6 Å². The lowest BCUT2D eigenvalue weighted by atomic mass is 10.0. The topological polar surface area (TPSA) is 46.5 Å². The maximum absolute atomic E-state index is 10.6. The molecule has 114 valence electrons. The Morgan fingerprint density at radius 1 is 1.09 bits per heavy atom. The number of carbonyl (C=O) groups is 1. The van der Waals surface area contributed by atoms with Gasteiger partial charge in [-0.2, -0.15) is 0 Å². The zero-order chi connectivity index (χ0) is 15.7. The zero-order valence-corrected chi connectivity index (χ0v) is 13.1. The number of halogens is 2. The maximum Gasteiger partial charge on any atom is 0.341 e. The van der Waals surface area contributed by atoms with Crippen molar-refractivity contribution < 1.29 is 14.6 Å². The van der Waals surface area contributed by atoms with Crippen LogP contribution in [0, 0.1) is 0 Å². The molecule has 0 bridgehead atoms. The van der Waals surface area contributed by atoms with Crippen molar-refractivity contribution in [2.24, 2.45) is 0 Å². The number of hydrogen-bond acceptors (Lipinski definition) is 2. The third-order valence-electron chi connectivity index (χ3n) is 3.85. The number of ether oxygens (including phenoxy) is 1. The van der Waals surface area contributed by atoms with Crippen molar-refractivity contribution in [3.8, 4) is 5.75 Å². The summed E-state index contributed by atoms with van der Waals surface area (Å²) < 4.78 is 5.13. The molecule has 2 unspecified atom stereocenters. The van der Waals surface area contributed by atoms with Gasteiger partial charge in [-0.1, -0.05) is 59.6 Å².